The molecule has 0 radical (unpaired) electrons. The fourth-order valence-corrected chi connectivity index (χ4v) is 3.66. The SMILES string of the molecule is O=C(OCC(=O)N1N=C(c2ccc(Cl)cc2)C[C@@H]1c1ccco1)c1ccccc1NCCO. The number of hydrazone groups is 1. The number of halogens is 1. The Labute approximate surface area is 195 Å². The molecule has 1 atom stereocenters. The Morgan fingerprint density at radius 3 is 2.67 bits per heavy atom. The van der Waals surface area contributed by atoms with Gasteiger partial charge in [-0.1, -0.05) is 35.9 Å². The molecule has 0 bridgehead atoms. The van der Waals surface area contributed by atoms with Crippen LogP contribution in [0.2, 0.25) is 5.02 Å². The Hall–Kier alpha value is -3.62. The van der Waals surface area contributed by atoms with Crippen molar-refractivity contribution in [3.8, 4) is 0 Å². The molecule has 170 valence electrons. The van der Waals surface area contributed by atoms with Crippen LogP contribution in [0.3, 0.4) is 0 Å². The quantitative estimate of drug-likeness (QED) is 0.487. The molecule has 1 aliphatic rings. The maximum Gasteiger partial charge on any atom is 0.340 e. The molecule has 33 heavy (non-hydrogen) atoms. The van der Waals surface area contributed by atoms with Crippen molar-refractivity contribution in [1.82, 2.24) is 5.01 Å². The number of nitrogens with one attached hydrogen (secondary N) is 1. The monoisotopic (exact) mass is 467 g/mol. The molecule has 1 aromatic heterocycles. The summed E-state index contributed by atoms with van der Waals surface area (Å²) in [6.07, 6.45) is 1.98. The minimum absolute atomic E-state index is 0.0844. The molecule has 4 rings (SSSR count). The summed E-state index contributed by atoms with van der Waals surface area (Å²) >= 11 is 5.98. The van der Waals surface area contributed by atoms with E-state index in [4.69, 9.17) is 25.9 Å². The molecule has 0 saturated heterocycles. The number of carbonyl (C=O) groups is 2. The molecule has 0 spiro atoms. The normalized spacial score (nSPS) is 15.3. The van der Waals surface area contributed by atoms with Gasteiger partial charge in [0.15, 0.2) is 6.61 Å². The zero-order valence-corrected chi connectivity index (χ0v) is 18.4. The molecule has 0 fully saturated rings. The first kappa shape index (κ1) is 22.6. The van der Waals surface area contributed by atoms with Gasteiger partial charge in [-0.3, -0.25) is 4.79 Å². The van der Waals surface area contributed by atoms with Crippen LogP contribution in [0.5, 0.6) is 0 Å². The van der Waals surface area contributed by atoms with Crippen LogP contribution >= 0.6 is 11.6 Å². The van der Waals surface area contributed by atoms with Gasteiger partial charge in [0.05, 0.1) is 24.1 Å². The zero-order chi connectivity index (χ0) is 23.2. The van der Waals surface area contributed by atoms with Crippen molar-refractivity contribution in [3.63, 3.8) is 0 Å². The highest BCUT2D eigenvalue weighted by atomic mass is 35.5. The van der Waals surface area contributed by atoms with Crippen molar-refractivity contribution in [2.75, 3.05) is 25.1 Å². The van der Waals surface area contributed by atoms with E-state index in [1.54, 1.807) is 48.5 Å². The number of para-hydroxylation sites is 1. The van der Waals surface area contributed by atoms with Crippen LogP contribution < -0.4 is 5.32 Å². The highest BCUT2D eigenvalue weighted by Gasteiger charge is 2.35. The lowest BCUT2D eigenvalue weighted by atomic mass is 10.0. The molecule has 8 nitrogen and oxygen atoms in total. The van der Waals surface area contributed by atoms with Crippen LogP contribution in [0.15, 0.2) is 76.4 Å². The van der Waals surface area contributed by atoms with Crippen molar-refractivity contribution in [3.05, 3.63) is 88.8 Å². The van der Waals surface area contributed by atoms with E-state index >= 15 is 0 Å². The molecule has 9 heteroatoms. The van der Waals surface area contributed by atoms with E-state index < -0.39 is 24.5 Å². The first-order valence-corrected chi connectivity index (χ1v) is 10.7. The Bertz CT molecular complexity index is 1150. The zero-order valence-electron chi connectivity index (χ0n) is 17.6. The van der Waals surface area contributed by atoms with Gasteiger partial charge in [0.25, 0.3) is 5.91 Å². The van der Waals surface area contributed by atoms with E-state index in [0.717, 1.165) is 5.56 Å². The van der Waals surface area contributed by atoms with Crippen molar-refractivity contribution in [1.29, 1.82) is 0 Å². The van der Waals surface area contributed by atoms with Crippen LogP contribution in [0.25, 0.3) is 0 Å². The van der Waals surface area contributed by atoms with E-state index in [1.807, 2.05) is 12.1 Å². The van der Waals surface area contributed by atoms with Crippen LogP contribution in [0, 0.1) is 0 Å². The molecular formula is C24H22ClN3O5. The molecule has 0 saturated carbocycles. The van der Waals surface area contributed by atoms with Gasteiger partial charge >= 0.3 is 5.97 Å². The summed E-state index contributed by atoms with van der Waals surface area (Å²) in [7, 11) is 0. The lowest BCUT2D eigenvalue weighted by Gasteiger charge is -2.20. The number of nitrogens with zero attached hydrogens (tertiary/aromatic N) is 2. The minimum Gasteiger partial charge on any atom is -0.467 e. The van der Waals surface area contributed by atoms with E-state index in [1.165, 1.54) is 11.3 Å². The van der Waals surface area contributed by atoms with E-state index in [9.17, 15) is 9.59 Å². The smallest absolute Gasteiger partial charge is 0.340 e. The van der Waals surface area contributed by atoms with Crippen LogP contribution in [0.1, 0.15) is 34.1 Å². The van der Waals surface area contributed by atoms with Gasteiger partial charge in [-0.2, -0.15) is 5.10 Å². The van der Waals surface area contributed by atoms with Crippen molar-refractivity contribution in [2.45, 2.75) is 12.5 Å². The maximum atomic E-state index is 13.0. The molecule has 1 amide bonds. The molecule has 2 aromatic carbocycles. The number of esters is 1. The Balaban J connectivity index is 1.49. The third kappa shape index (κ3) is 5.24. The second kappa shape index (κ2) is 10.3. The predicted molar refractivity (Wildman–Crippen MR) is 123 cm³/mol. The predicted octanol–water partition coefficient (Wildman–Crippen LogP) is 3.87. The standard InChI is InChI=1S/C24H22ClN3O5/c25-17-9-7-16(8-10-17)20-14-21(22-6-3-13-32-22)28(27-20)23(30)15-33-24(31)18-4-1-2-5-19(18)26-11-12-29/h1-10,13,21,26,29H,11-12,14-15H2/t21-/m1/s1. The second-order valence-electron chi connectivity index (χ2n) is 7.30. The summed E-state index contributed by atoms with van der Waals surface area (Å²) in [6.45, 7) is -0.287. The fourth-order valence-electron chi connectivity index (χ4n) is 3.54. The van der Waals surface area contributed by atoms with E-state index in [-0.39, 0.29) is 18.7 Å². The number of benzene rings is 2. The van der Waals surface area contributed by atoms with Gasteiger partial charge in [0.1, 0.15) is 11.8 Å². The van der Waals surface area contributed by atoms with Crippen LogP contribution in [-0.2, 0) is 9.53 Å². The van der Waals surface area contributed by atoms with Crippen molar-refractivity contribution < 1.29 is 23.8 Å². The van der Waals surface area contributed by atoms with Gasteiger partial charge in [0, 0.05) is 23.7 Å². The van der Waals surface area contributed by atoms with Gasteiger partial charge in [-0.25, -0.2) is 9.80 Å². The van der Waals surface area contributed by atoms with Crippen LogP contribution in [-0.4, -0.2) is 47.5 Å². The number of hydrogen-bond donors (Lipinski definition) is 2. The van der Waals surface area contributed by atoms with Gasteiger partial charge in [-0.05, 0) is 42.0 Å². The summed E-state index contributed by atoms with van der Waals surface area (Å²) in [5, 5.41) is 18.4. The first-order valence-electron chi connectivity index (χ1n) is 10.4. The number of furan rings is 1. The summed E-state index contributed by atoms with van der Waals surface area (Å²) < 4.78 is 10.8. The molecule has 1 aliphatic heterocycles. The van der Waals surface area contributed by atoms with Gasteiger partial charge in [-0.15, -0.1) is 0 Å². The van der Waals surface area contributed by atoms with E-state index in [2.05, 4.69) is 10.4 Å². The number of carbonyl (C=O) groups excluding carboxylic acids is 2. The Morgan fingerprint density at radius 1 is 1.15 bits per heavy atom. The van der Waals surface area contributed by atoms with Gasteiger partial charge < -0.3 is 19.6 Å². The molecule has 0 unspecified atom stereocenters. The molecule has 2 heterocycles. The lowest BCUT2D eigenvalue weighted by molar-refractivity contribution is -0.136. The fraction of sp³-hybridized carbons (Fsp3) is 0.208. The van der Waals surface area contributed by atoms with Crippen molar-refractivity contribution in [2.24, 2.45) is 5.10 Å². The van der Waals surface area contributed by atoms with Gasteiger partial charge in [0.2, 0.25) is 0 Å². The first-order chi connectivity index (χ1) is 16.1. The number of aliphatic hydroxyl groups is 1. The molecule has 2 N–H and O–H groups in total. The highest BCUT2D eigenvalue weighted by molar-refractivity contribution is 6.30. The third-order valence-corrected chi connectivity index (χ3v) is 5.37. The summed E-state index contributed by atoms with van der Waals surface area (Å²) in [5.41, 5.74) is 2.33. The highest BCUT2D eigenvalue weighted by Crippen LogP contribution is 2.33. The maximum absolute atomic E-state index is 13.0. The number of amides is 1. The summed E-state index contributed by atoms with van der Waals surface area (Å²) in [6, 6.07) is 17.0. The number of rotatable bonds is 8. The third-order valence-electron chi connectivity index (χ3n) is 5.12. The average Bonchev–Trinajstić information content (AvgIpc) is 3.52. The Kier molecular flexibility index (Phi) is 7.07. The average molecular weight is 468 g/mol. The Morgan fingerprint density at radius 2 is 1.94 bits per heavy atom. The number of ether oxygens (including phenoxy) is 1. The largest absolute Gasteiger partial charge is 0.467 e. The van der Waals surface area contributed by atoms with Crippen molar-refractivity contribution >= 4 is 34.9 Å². The molecule has 3 aromatic rings. The molecular weight excluding hydrogens is 446 g/mol. The van der Waals surface area contributed by atoms with E-state index in [0.29, 0.717) is 28.6 Å². The minimum atomic E-state index is -0.653. The lowest BCUT2D eigenvalue weighted by Crippen LogP contribution is -2.31. The second-order valence-corrected chi connectivity index (χ2v) is 7.74. The number of hydrogen-bond acceptors (Lipinski definition) is 7. The summed E-state index contributed by atoms with van der Waals surface area (Å²) in [4.78, 5) is 25.6. The molecule has 0 aliphatic carbocycles. The topological polar surface area (TPSA) is 104 Å². The van der Waals surface area contributed by atoms with Crippen LogP contribution in [0.4, 0.5) is 5.69 Å². The summed E-state index contributed by atoms with van der Waals surface area (Å²) in [5.74, 6) is -0.546. The number of anilines is 1. The number of aliphatic hydroxyl groups excluding tert-OH is 1.